The fourth-order valence-corrected chi connectivity index (χ4v) is 2.39. The summed E-state index contributed by atoms with van der Waals surface area (Å²) in [4.78, 5) is 4.42. The van der Waals surface area contributed by atoms with Crippen molar-refractivity contribution < 1.29 is 0 Å². The molecule has 0 amide bonds. The highest BCUT2D eigenvalue weighted by molar-refractivity contribution is 7.09. The third-order valence-electron chi connectivity index (χ3n) is 2.68. The third kappa shape index (κ3) is 3.39. The summed E-state index contributed by atoms with van der Waals surface area (Å²) >= 11 is 1.68. The molecule has 0 saturated heterocycles. The van der Waals surface area contributed by atoms with Crippen molar-refractivity contribution in [3.05, 3.63) is 51.5 Å². The lowest BCUT2D eigenvalue weighted by Crippen LogP contribution is -2.17. The van der Waals surface area contributed by atoms with Crippen LogP contribution in [0.3, 0.4) is 0 Å². The van der Waals surface area contributed by atoms with Gasteiger partial charge in [0.25, 0.3) is 0 Å². The first-order valence-electron chi connectivity index (χ1n) is 5.89. The number of thiazole rings is 1. The van der Waals surface area contributed by atoms with Crippen molar-refractivity contribution in [2.45, 2.75) is 19.9 Å². The van der Waals surface area contributed by atoms with Gasteiger partial charge in [0.1, 0.15) is 0 Å². The van der Waals surface area contributed by atoms with Gasteiger partial charge in [0.05, 0.1) is 22.3 Å². The van der Waals surface area contributed by atoms with Crippen LogP contribution in [0.15, 0.2) is 29.6 Å². The molecule has 0 bridgehead atoms. The lowest BCUT2D eigenvalue weighted by Gasteiger charge is -2.05. The number of hydrogen-bond acceptors (Lipinski definition) is 4. The second-order valence-corrected chi connectivity index (χ2v) is 5.12. The number of nitriles is 1. The van der Waals surface area contributed by atoms with Crippen molar-refractivity contribution >= 4 is 11.3 Å². The number of aryl methyl sites for hydroxylation is 1. The summed E-state index contributed by atoms with van der Waals surface area (Å²) in [5.74, 6) is 0. The zero-order valence-electron chi connectivity index (χ0n) is 10.3. The Kier molecular flexibility index (Phi) is 4.46. The van der Waals surface area contributed by atoms with Crippen LogP contribution in [0.25, 0.3) is 0 Å². The van der Waals surface area contributed by atoms with Crippen molar-refractivity contribution in [1.29, 1.82) is 5.26 Å². The van der Waals surface area contributed by atoms with E-state index in [0.29, 0.717) is 0 Å². The van der Waals surface area contributed by atoms with Crippen LogP contribution in [-0.2, 0) is 13.0 Å². The number of aromatic nitrogens is 1. The van der Waals surface area contributed by atoms with Gasteiger partial charge < -0.3 is 5.32 Å². The summed E-state index contributed by atoms with van der Waals surface area (Å²) in [7, 11) is 0. The Morgan fingerprint density at radius 3 is 2.94 bits per heavy atom. The third-order valence-corrected chi connectivity index (χ3v) is 3.50. The van der Waals surface area contributed by atoms with Gasteiger partial charge in [0.2, 0.25) is 0 Å². The average Bonchev–Trinajstić information content (AvgIpc) is 2.81. The second kappa shape index (κ2) is 6.29. The van der Waals surface area contributed by atoms with Crippen LogP contribution in [0.1, 0.15) is 21.8 Å². The molecule has 2 aromatic rings. The Morgan fingerprint density at radius 2 is 2.22 bits per heavy atom. The van der Waals surface area contributed by atoms with E-state index in [9.17, 15) is 0 Å². The molecule has 0 atom stereocenters. The predicted molar refractivity (Wildman–Crippen MR) is 73.4 cm³/mol. The smallest absolute Gasteiger partial charge is 0.0995 e. The Morgan fingerprint density at radius 1 is 1.39 bits per heavy atom. The average molecular weight is 257 g/mol. The van der Waals surface area contributed by atoms with Gasteiger partial charge in [-0.3, -0.25) is 0 Å². The van der Waals surface area contributed by atoms with E-state index in [1.165, 1.54) is 0 Å². The molecule has 0 radical (unpaired) electrons. The number of benzene rings is 1. The fourth-order valence-electron chi connectivity index (χ4n) is 1.75. The summed E-state index contributed by atoms with van der Waals surface area (Å²) in [6.45, 7) is 3.63. The molecule has 2 rings (SSSR count). The van der Waals surface area contributed by atoms with E-state index in [-0.39, 0.29) is 0 Å². The van der Waals surface area contributed by atoms with E-state index < -0.39 is 0 Å². The standard InChI is InChI=1S/C14H15N3S/c1-11-17-14(10-18-11)6-7-16-9-13-5-3-2-4-12(13)8-15/h2-5,10,16H,6-7,9H2,1H3. The van der Waals surface area contributed by atoms with Gasteiger partial charge in [0.15, 0.2) is 0 Å². The monoisotopic (exact) mass is 257 g/mol. The first-order chi connectivity index (χ1) is 8.79. The largest absolute Gasteiger partial charge is 0.312 e. The molecule has 1 aromatic heterocycles. The van der Waals surface area contributed by atoms with Crippen molar-refractivity contribution in [3.63, 3.8) is 0 Å². The lowest BCUT2D eigenvalue weighted by molar-refractivity contribution is 0.680. The van der Waals surface area contributed by atoms with E-state index in [1.54, 1.807) is 11.3 Å². The van der Waals surface area contributed by atoms with Crippen molar-refractivity contribution in [2.24, 2.45) is 0 Å². The van der Waals surface area contributed by atoms with Crippen LogP contribution in [0.5, 0.6) is 0 Å². The number of nitrogens with zero attached hydrogens (tertiary/aromatic N) is 2. The molecule has 0 unspecified atom stereocenters. The SMILES string of the molecule is Cc1nc(CCNCc2ccccc2C#N)cs1. The minimum Gasteiger partial charge on any atom is -0.312 e. The normalized spacial score (nSPS) is 10.2. The first kappa shape index (κ1) is 12.7. The molecule has 1 N–H and O–H groups in total. The maximum Gasteiger partial charge on any atom is 0.0995 e. The van der Waals surface area contributed by atoms with Crippen molar-refractivity contribution in [3.8, 4) is 6.07 Å². The topological polar surface area (TPSA) is 48.7 Å². The van der Waals surface area contributed by atoms with E-state index >= 15 is 0 Å². The summed E-state index contributed by atoms with van der Waals surface area (Å²) in [6, 6.07) is 9.89. The molecule has 0 fully saturated rings. The molecule has 0 aliphatic rings. The van der Waals surface area contributed by atoms with E-state index in [2.05, 4.69) is 21.8 Å². The summed E-state index contributed by atoms with van der Waals surface area (Å²) in [6.07, 6.45) is 0.930. The van der Waals surface area contributed by atoms with Gasteiger partial charge in [-0.1, -0.05) is 18.2 Å². The highest BCUT2D eigenvalue weighted by Crippen LogP contribution is 2.09. The summed E-state index contributed by atoms with van der Waals surface area (Å²) in [5.41, 5.74) is 2.93. The Hall–Kier alpha value is -1.70. The van der Waals surface area contributed by atoms with Gasteiger partial charge >= 0.3 is 0 Å². The number of hydrogen-bond donors (Lipinski definition) is 1. The van der Waals surface area contributed by atoms with Gasteiger partial charge in [-0.2, -0.15) is 5.26 Å². The second-order valence-electron chi connectivity index (χ2n) is 4.05. The van der Waals surface area contributed by atoms with Gasteiger partial charge in [-0.25, -0.2) is 4.98 Å². The minimum absolute atomic E-state index is 0.729. The molecule has 3 nitrogen and oxygen atoms in total. The van der Waals surface area contributed by atoms with Crippen LogP contribution >= 0.6 is 11.3 Å². The fraction of sp³-hybridized carbons (Fsp3) is 0.286. The Bertz CT molecular complexity index is 554. The molecule has 0 saturated carbocycles. The van der Waals surface area contributed by atoms with E-state index in [0.717, 1.165) is 41.3 Å². The molecule has 0 aliphatic heterocycles. The van der Waals surface area contributed by atoms with Gasteiger partial charge in [-0.15, -0.1) is 11.3 Å². The molecule has 0 spiro atoms. The highest BCUT2D eigenvalue weighted by Gasteiger charge is 2.01. The van der Waals surface area contributed by atoms with Gasteiger partial charge in [0, 0.05) is 24.9 Å². The zero-order valence-corrected chi connectivity index (χ0v) is 11.1. The van der Waals surface area contributed by atoms with Crippen LogP contribution in [0.2, 0.25) is 0 Å². The molecule has 1 aromatic carbocycles. The summed E-state index contributed by atoms with van der Waals surface area (Å²) < 4.78 is 0. The number of rotatable bonds is 5. The van der Waals surface area contributed by atoms with E-state index in [4.69, 9.17) is 5.26 Å². The quantitative estimate of drug-likeness (QED) is 0.838. The molecular weight excluding hydrogens is 242 g/mol. The van der Waals surface area contributed by atoms with Crippen LogP contribution in [0.4, 0.5) is 0 Å². The molecule has 92 valence electrons. The van der Waals surface area contributed by atoms with Crippen LogP contribution in [0, 0.1) is 18.3 Å². The number of nitrogens with one attached hydrogen (secondary N) is 1. The van der Waals surface area contributed by atoms with Gasteiger partial charge in [-0.05, 0) is 18.6 Å². The van der Waals surface area contributed by atoms with Crippen LogP contribution < -0.4 is 5.32 Å². The predicted octanol–water partition coefficient (Wildman–Crippen LogP) is 2.66. The maximum absolute atomic E-state index is 8.97. The van der Waals surface area contributed by atoms with Crippen molar-refractivity contribution in [1.82, 2.24) is 10.3 Å². The minimum atomic E-state index is 0.729. The molecule has 18 heavy (non-hydrogen) atoms. The molecule has 4 heteroatoms. The summed E-state index contributed by atoms with van der Waals surface area (Å²) in [5, 5.41) is 15.5. The maximum atomic E-state index is 8.97. The first-order valence-corrected chi connectivity index (χ1v) is 6.77. The Labute approximate surface area is 111 Å². The van der Waals surface area contributed by atoms with Crippen molar-refractivity contribution in [2.75, 3.05) is 6.54 Å². The molecule has 1 heterocycles. The molecule has 0 aliphatic carbocycles. The highest BCUT2D eigenvalue weighted by atomic mass is 32.1. The Balaban J connectivity index is 1.80. The van der Waals surface area contributed by atoms with Crippen LogP contribution in [-0.4, -0.2) is 11.5 Å². The zero-order chi connectivity index (χ0) is 12.8. The lowest BCUT2D eigenvalue weighted by atomic mass is 10.1. The van der Waals surface area contributed by atoms with E-state index in [1.807, 2.05) is 31.2 Å². The molecular formula is C14H15N3S.